The van der Waals surface area contributed by atoms with Crippen molar-refractivity contribution in [3.63, 3.8) is 0 Å². The van der Waals surface area contributed by atoms with Gasteiger partial charge in [-0.05, 0) is 31.2 Å². The van der Waals surface area contributed by atoms with Gasteiger partial charge in [0.25, 0.3) is 5.56 Å². The molecule has 1 atom stereocenters. The molecule has 4 rings (SSSR count). The van der Waals surface area contributed by atoms with Gasteiger partial charge in [-0.2, -0.15) is 0 Å². The molecular formula is C23H17F3N6O2. The first-order valence-electron chi connectivity index (χ1n) is 9.88. The number of ether oxygens (including phenoxy) is 1. The lowest BCUT2D eigenvalue weighted by molar-refractivity contribution is 0.411. The zero-order valence-corrected chi connectivity index (χ0v) is 17.9. The molecule has 0 saturated carbocycles. The van der Waals surface area contributed by atoms with E-state index in [-0.39, 0.29) is 23.0 Å². The van der Waals surface area contributed by atoms with E-state index in [0.29, 0.717) is 11.3 Å². The van der Waals surface area contributed by atoms with Crippen LogP contribution in [-0.4, -0.2) is 27.0 Å². The van der Waals surface area contributed by atoms with E-state index in [4.69, 9.17) is 10.5 Å². The Kier molecular flexibility index (Phi) is 6.05. The van der Waals surface area contributed by atoms with Crippen LogP contribution in [0.3, 0.4) is 0 Å². The number of benzene rings is 2. The van der Waals surface area contributed by atoms with Crippen molar-refractivity contribution in [2.75, 3.05) is 18.2 Å². The maximum absolute atomic E-state index is 14.2. The number of nitrogens with zero attached hydrogens (tertiary/aromatic N) is 3. The normalized spacial score (nSPS) is 11.6. The van der Waals surface area contributed by atoms with E-state index < -0.39 is 40.0 Å². The third-order valence-electron chi connectivity index (χ3n) is 4.86. The summed E-state index contributed by atoms with van der Waals surface area (Å²) in [6, 6.07) is 5.02. The van der Waals surface area contributed by atoms with E-state index in [1.165, 1.54) is 25.6 Å². The van der Waals surface area contributed by atoms with Crippen LogP contribution < -0.4 is 21.3 Å². The first kappa shape index (κ1) is 22.6. The fourth-order valence-corrected chi connectivity index (χ4v) is 3.19. The number of rotatable bonds is 4. The Morgan fingerprint density at radius 3 is 2.65 bits per heavy atom. The minimum absolute atomic E-state index is 0.0351. The van der Waals surface area contributed by atoms with Crippen molar-refractivity contribution in [2.24, 2.45) is 0 Å². The van der Waals surface area contributed by atoms with Gasteiger partial charge in [-0.3, -0.25) is 4.79 Å². The summed E-state index contributed by atoms with van der Waals surface area (Å²) in [5.41, 5.74) is 5.28. The molecule has 0 spiro atoms. The summed E-state index contributed by atoms with van der Waals surface area (Å²) in [7, 11) is 1.41. The molecule has 2 heterocycles. The molecule has 4 aromatic rings. The van der Waals surface area contributed by atoms with Crippen LogP contribution in [0.15, 0.2) is 41.5 Å². The lowest BCUT2D eigenvalue weighted by Gasteiger charge is -2.16. The molecule has 8 nitrogen and oxygen atoms in total. The second-order valence-corrected chi connectivity index (χ2v) is 7.18. The molecule has 0 aliphatic carbocycles. The van der Waals surface area contributed by atoms with E-state index in [2.05, 4.69) is 37.1 Å². The van der Waals surface area contributed by atoms with Gasteiger partial charge in [0.2, 0.25) is 0 Å². The lowest BCUT2D eigenvalue weighted by atomic mass is 10.1. The number of aromatic nitrogens is 4. The highest BCUT2D eigenvalue weighted by molar-refractivity contribution is 5.78. The maximum Gasteiger partial charge on any atom is 0.261 e. The van der Waals surface area contributed by atoms with Crippen LogP contribution in [0.2, 0.25) is 0 Å². The summed E-state index contributed by atoms with van der Waals surface area (Å²) in [6.07, 6.45) is 1.20. The molecule has 172 valence electrons. The van der Waals surface area contributed by atoms with Crippen molar-refractivity contribution >= 4 is 22.5 Å². The molecule has 0 radical (unpaired) electrons. The van der Waals surface area contributed by atoms with Crippen LogP contribution in [0.4, 0.5) is 24.8 Å². The topological polar surface area (TPSA) is 119 Å². The summed E-state index contributed by atoms with van der Waals surface area (Å²) in [6.45, 7) is 1.62. The number of nitrogen functional groups attached to an aromatic ring is 1. The number of nitrogens with two attached hydrogens (primary N) is 1. The van der Waals surface area contributed by atoms with Crippen molar-refractivity contribution in [1.29, 1.82) is 0 Å². The maximum atomic E-state index is 14.2. The number of nitrogens with one attached hydrogen (secondary N) is 2. The largest absolute Gasteiger partial charge is 0.497 e. The molecule has 11 heteroatoms. The average Bonchev–Trinajstić information content (AvgIpc) is 2.80. The molecule has 0 saturated heterocycles. The van der Waals surface area contributed by atoms with Crippen LogP contribution in [0.25, 0.3) is 10.9 Å². The smallest absolute Gasteiger partial charge is 0.261 e. The lowest BCUT2D eigenvalue weighted by Crippen LogP contribution is -2.20. The molecule has 2 aromatic heterocycles. The van der Waals surface area contributed by atoms with Crippen molar-refractivity contribution in [2.45, 2.75) is 13.0 Å². The van der Waals surface area contributed by atoms with Gasteiger partial charge in [-0.15, -0.1) is 0 Å². The molecule has 2 aromatic carbocycles. The number of anilines is 2. The van der Waals surface area contributed by atoms with E-state index in [1.54, 1.807) is 13.0 Å². The minimum Gasteiger partial charge on any atom is -0.497 e. The van der Waals surface area contributed by atoms with Crippen LogP contribution in [0.1, 0.15) is 29.9 Å². The molecule has 0 fully saturated rings. The Hall–Kier alpha value is -4.59. The minimum atomic E-state index is -0.882. The molecule has 34 heavy (non-hydrogen) atoms. The van der Waals surface area contributed by atoms with Crippen LogP contribution >= 0.6 is 0 Å². The van der Waals surface area contributed by atoms with Crippen LogP contribution in [0, 0.1) is 29.3 Å². The summed E-state index contributed by atoms with van der Waals surface area (Å²) in [4.78, 5) is 26.9. The Labute approximate surface area is 191 Å². The highest BCUT2D eigenvalue weighted by Crippen LogP contribution is 2.23. The molecule has 1 unspecified atom stereocenters. The van der Waals surface area contributed by atoms with Crippen LogP contribution in [0.5, 0.6) is 5.75 Å². The van der Waals surface area contributed by atoms with Gasteiger partial charge >= 0.3 is 0 Å². The van der Waals surface area contributed by atoms with Crippen molar-refractivity contribution < 1.29 is 17.9 Å². The third-order valence-corrected chi connectivity index (χ3v) is 4.86. The van der Waals surface area contributed by atoms with Crippen molar-refractivity contribution in [1.82, 2.24) is 19.9 Å². The molecular weight excluding hydrogens is 449 g/mol. The van der Waals surface area contributed by atoms with Crippen molar-refractivity contribution in [3.05, 3.63) is 81.4 Å². The number of aromatic amines is 1. The van der Waals surface area contributed by atoms with Gasteiger partial charge in [0, 0.05) is 11.6 Å². The fourth-order valence-electron chi connectivity index (χ4n) is 3.19. The summed E-state index contributed by atoms with van der Waals surface area (Å²) >= 11 is 0. The summed E-state index contributed by atoms with van der Waals surface area (Å²) < 4.78 is 47.0. The third kappa shape index (κ3) is 4.47. The van der Waals surface area contributed by atoms with Gasteiger partial charge in [-0.1, -0.05) is 11.8 Å². The SMILES string of the molecule is COc1cc(F)cc(C#Cc2c(N)ncnc2NC(C)c2nc3c(F)ccc(F)c3c(=O)[nH]2)c1. The zero-order valence-electron chi connectivity index (χ0n) is 17.9. The van der Waals surface area contributed by atoms with Gasteiger partial charge in [0.15, 0.2) is 0 Å². The van der Waals surface area contributed by atoms with E-state index in [9.17, 15) is 18.0 Å². The Morgan fingerprint density at radius 1 is 1.12 bits per heavy atom. The predicted octanol–water partition coefficient (Wildman–Crippen LogP) is 3.29. The van der Waals surface area contributed by atoms with Crippen LogP contribution in [-0.2, 0) is 0 Å². The van der Waals surface area contributed by atoms with E-state index >= 15 is 0 Å². The number of fused-ring (bicyclic) bond motifs is 1. The number of halogens is 3. The molecule has 0 aliphatic heterocycles. The average molecular weight is 466 g/mol. The molecule has 0 bridgehead atoms. The molecule has 4 N–H and O–H groups in total. The predicted molar refractivity (Wildman–Crippen MR) is 120 cm³/mol. The second-order valence-electron chi connectivity index (χ2n) is 7.18. The Morgan fingerprint density at radius 2 is 1.88 bits per heavy atom. The van der Waals surface area contributed by atoms with Crippen molar-refractivity contribution in [3.8, 4) is 17.6 Å². The monoisotopic (exact) mass is 466 g/mol. The highest BCUT2D eigenvalue weighted by Gasteiger charge is 2.18. The highest BCUT2D eigenvalue weighted by atomic mass is 19.1. The first-order chi connectivity index (χ1) is 16.3. The zero-order chi connectivity index (χ0) is 24.4. The number of H-pyrrole nitrogens is 1. The number of methoxy groups -OCH3 is 1. The number of hydrogen-bond donors (Lipinski definition) is 3. The summed E-state index contributed by atoms with van der Waals surface area (Å²) in [5, 5.41) is 2.51. The molecule has 0 amide bonds. The van der Waals surface area contributed by atoms with E-state index in [0.717, 1.165) is 12.1 Å². The van der Waals surface area contributed by atoms with Gasteiger partial charge in [0.05, 0.1) is 13.2 Å². The first-order valence-corrected chi connectivity index (χ1v) is 9.88. The van der Waals surface area contributed by atoms with E-state index in [1.807, 2.05) is 0 Å². The standard InChI is InChI=1S/C23H17F3N6O2/c1-11(21-31-19-17(26)6-5-16(25)18(19)23(33)32-21)30-22-15(20(27)28-10-29-22)4-3-12-7-13(24)9-14(8-12)34-2/h5-11H,1-2H3,(H,31,32,33)(H3,27,28,29,30). The Balaban J connectivity index is 1.70. The molecule has 0 aliphatic rings. The second kappa shape index (κ2) is 9.11. The van der Waals surface area contributed by atoms with Gasteiger partial charge < -0.3 is 20.8 Å². The Bertz CT molecular complexity index is 1530. The fraction of sp³-hybridized carbons (Fsp3) is 0.130. The quantitative estimate of drug-likeness (QED) is 0.395. The van der Waals surface area contributed by atoms with Gasteiger partial charge in [-0.25, -0.2) is 28.1 Å². The summed E-state index contributed by atoms with van der Waals surface area (Å²) in [5.74, 6) is 3.92. The van der Waals surface area contributed by atoms with Gasteiger partial charge in [0.1, 0.15) is 63.5 Å². The number of hydrogen-bond acceptors (Lipinski definition) is 7.